The van der Waals surface area contributed by atoms with Crippen LogP contribution >= 0.6 is 22.7 Å². The number of anilines is 2. The number of nitrogens with one attached hydrogen (secondary N) is 2. The van der Waals surface area contributed by atoms with Crippen LogP contribution in [0.5, 0.6) is 10.8 Å². The molecule has 0 bridgehead atoms. The van der Waals surface area contributed by atoms with Crippen LogP contribution in [0.25, 0.3) is 0 Å². The van der Waals surface area contributed by atoms with Crippen molar-refractivity contribution in [3.8, 4) is 10.8 Å². The van der Waals surface area contributed by atoms with Gasteiger partial charge in [0.05, 0.1) is 22.5 Å². The van der Waals surface area contributed by atoms with E-state index in [1.807, 2.05) is 6.92 Å². The molecule has 6 unspecified atom stereocenters. The standard InChI is InChI=1S/C49H57N7O7S2/c1-26-24-50-46(64-26)52-41(58)15-11-30-22-40(49(3)19-17-33-35(45(30)49)13-9-28-20-38(57)37(56(61)62)23-36(28)33)55-63-43-25-51-47(65-43)53-42(59)14-10-29-21-39(54-60)48(2)18-16-32-31-7-5-4-6-27(31)8-12-34(32)44(29)48/h4-7,20,23-25,29-30,32-35,44-45,57,60H,8-19,21-22H2,1-3H3,(H,50,52,58)(H,51,53,59)/b54-39+,55-40+/t29-,30-,32?,33?,34?,35?,44?,45?,48-,49-/m1/s1. The maximum absolute atomic E-state index is 13.5. The summed E-state index contributed by atoms with van der Waals surface area (Å²) in [7, 11) is 0. The van der Waals surface area contributed by atoms with Crippen molar-refractivity contribution >= 4 is 61.9 Å². The SMILES string of the molecule is Cc1cnc(NC(=O)CC[C@@H]2C/C(=N\Oc3cnc(NC(=O)CC[C@@H]4C/C(=N\O)[C@@]5(C)CCC6c7ccccc7CCC6C45)s3)[C@@]3(C)CCC4c5cc([N+](=O)[O-])c(O)cc5CCC4C23)s1. The quantitative estimate of drug-likeness (QED) is 0.0641. The fraction of sp³-hybridized carbons (Fsp3) is 0.551. The van der Waals surface area contributed by atoms with Crippen molar-refractivity contribution in [3.63, 3.8) is 0 Å². The van der Waals surface area contributed by atoms with Crippen LogP contribution in [0, 0.1) is 63.4 Å². The summed E-state index contributed by atoms with van der Waals surface area (Å²) in [6.45, 7) is 6.49. The lowest BCUT2D eigenvalue weighted by Gasteiger charge is -2.50. The third kappa shape index (κ3) is 7.91. The lowest BCUT2D eigenvalue weighted by molar-refractivity contribution is -0.386. The first kappa shape index (κ1) is 43.7. The average Bonchev–Trinajstić information content (AvgIpc) is 4.06. The number of nitro groups is 1. The molecule has 4 saturated carbocycles. The van der Waals surface area contributed by atoms with Crippen LogP contribution in [0.2, 0.25) is 0 Å². The number of nitrogens with zero attached hydrogens (tertiary/aromatic N) is 5. The van der Waals surface area contributed by atoms with Crippen molar-refractivity contribution in [2.75, 3.05) is 10.6 Å². The van der Waals surface area contributed by atoms with E-state index in [1.165, 1.54) is 33.8 Å². The predicted octanol–water partition coefficient (Wildman–Crippen LogP) is 10.8. The highest BCUT2D eigenvalue weighted by atomic mass is 32.1. The van der Waals surface area contributed by atoms with E-state index in [9.17, 15) is 30.0 Å². The lowest BCUT2D eigenvalue weighted by Crippen LogP contribution is -2.44. The molecule has 16 heteroatoms. The number of fused-ring (bicyclic) bond motifs is 10. The van der Waals surface area contributed by atoms with E-state index in [-0.39, 0.29) is 63.7 Å². The largest absolute Gasteiger partial charge is 0.502 e. The zero-order chi connectivity index (χ0) is 45.2. The normalized spacial score (nSPS) is 32.1. The summed E-state index contributed by atoms with van der Waals surface area (Å²) in [5.41, 5.74) is 5.94. The Morgan fingerprint density at radius 1 is 0.846 bits per heavy atom. The maximum Gasteiger partial charge on any atom is 0.310 e. The molecule has 10 atom stereocenters. The Morgan fingerprint density at radius 3 is 2.09 bits per heavy atom. The number of carbonyl (C=O) groups excluding carboxylic acids is 2. The first-order valence-electron chi connectivity index (χ1n) is 23.3. The van der Waals surface area contributed by atoms with Gasteiger partial charge in [-0.05, 0) is 160 Å². The minimum atomic E-state index is -0.513. The summed E-state index contributed by atoms with van der Waals surface area (Å²) < 4.78 is 0. The number of thiazole rings is 2. The summed E-state index contributed by atoms with van der Waals surface area (Å²) in [6.07, 6.45) is 14.1. The summed E-state index contributed by atoms with van der Waals surface area (Å²) >= 11 is 2.68. The van der Waals surface area contributed by atoms with Crippen molar-refractivity contribution in [2.45, 2.75) is 122 Å². The van der Waals surface area contributed by atoms with Crippen LogP contribution in [0.4, 0.5) is 16.0 Å². The highest BCUT2D eigenvalue weighted by Crippen LogP contribution is 2.64. The van der Waals surface area contributed by atoms with Gasteiger partial charge in [-0.25, -0.2) is 9.97 Å². The van der Waals surface area contributed by atoms with Gasteiger partial charge in [0.15, 0.2) is 16.0 Å². The van der Waals surface area contributed by atoms with Crippen LogP contribution < -0.4 is 15.5 Å². The van der Waals surface area contributed by atoms with Gasteiger partial charge in [0.25, 0.3) is 0 Å². The second-order valence-electron chi connectivity index (χ2n) is 20.1. The van der Waals surface area contributed by atoms with Crippen LogP contribution in [-0.2, 0) is 22.4 Å². The molecule has 2 heterocycles. The first-order valence-corrected chi connectivity index (χ1v) is 25.0. The summed E-state index contributed by atoms with van der Waals surface area (Å²) in [5.74, 6) is 1.69. The lowest BCUT2D eigenvalue weighted by atomic mass is 9.54. The number of phenolic OH excluding ortho intramolecular Hbond substituents is 1. The number of nitro benzene ring substituents is 1. The van der Waals surface area contributed by atoms with Gasteiger partial charge in [0.1, 0.15) is 0 Å². The molecule has 6 aliphatic rings. The molecule has 10 rings (SSSR count). The van der Waals surface area contributed by atoms with Crippen molar-refractivity contribution in [1.82, 2.24) is 9.97 Å². The fourth-order valence-corrected chi connectivity index (χ4v) is 15.4. The van der Waals surface area contributed by atoms with Gasteiger partial charge in [0, 0.05) is 40.8 Å². The van der Waals surface area contributed by atoms with Crippen LogP contribution in [-0.4, -0.2) is 48.4 Å². The average molecular weight is 920 g/mol. The summed E-state index contributed by atoms with van der Waals surface area (Å²) in [5, 5.41) is 48.6. The van der Waals surface area contributed by atoms with Gasteiger partial charge in [-0.3, -0.25) is 19.7 Å². The van der Waals surface area contributed by atoms with Gasteiger partial charge in [-0.1, -0.05) is 59.8 Å². The fourth-order valence-electron chi connectivity index (χ4n) is 14.1. The smallest absolute Gasteiger partial charge is 0.310 e. The number of benzene rings is 2. The Labute approximate surface area is 386 Å². The monoisotopic (exact) mass is 919 g/mol. The number of rotatable bonds is 11. The molecule has 2 aromatic carbocycles. The molecular formula is C49H57N7O7S2. The van der Waals surface area contributed by atoms with Gasteiger partial charge in [0.2, 0.25) is 16.9 Å². The molecule has 4 fully saturated rings. The minimum absolute atomic E-state index is 0.0853. The number of amides is 2. The van der Waals surface area contributed by atoms with Crippen molar-refractivity contribution in [2.24, 2.45) is 56.6 Å². The second-order valence-corrected chi connectivity index (χ2v) is 22.3. The maximum atomic E-state index is 13.5. The molecule has 0 aliphatic heterocycles. The summed E-state index contributed by atoms with van der Waals surface area (Å²) in [6, 6.07) is 12.0. The van der Waals surface area contributed by atoms with E-state index in [4.69, 9.17) is 9.99 Å². The highest BCUT2D eigenvalue weighted by Gasteiger charge is 2.59. The Bertz CT molecular complexity index is 2590. The Hall–Kier alpha value is -5.22. The number of aromatic hydroxyl groups is 1. The van der Waals surface area contributed by atoms with Gasteiger partial charge < -0.3 is 25.8 Å². The third-order valence-corrected chi connectivity index (χ3v) is 18.5. The Kier molecular flexibility index (Phi) is 11.6. The van der Waals surface area contributed by atoms with E-state index in [0.717, 1.165) is 72.4 Å². The van der Waals surface area contributed by atoms with Crippen molar-refractivity contribution < 1.29 is 29.7 Å². The van der Waals surface area contributed by atoms with E-state index in [1.54, 1.807) is 24.5 Å². The van der Waals surface area contributed by atoms with E-state index < -0.39 is 4.92 Å². The van der Waals surface area contributed by atoms with Crippen LogP contribution in [0.15, 0.2) is 59.1 Å². The molecule has 14 nitrogen and oxygen atoms in total. The third-order valence-electron chi connectivity index (χ3n) is 16.9. The molecule has 4 aromatic rings. The van der Waals surface area contributed by atoms with Crippen LogP contribution in [0.1, 0.15) is 130 Å². The van der Waals surface area contributed by atoms with Gasteiger partial charge in [-0.15, -0.1) is 11.3 Å². The highest BCUT2D eigenvalue weighted by molar-refractivity contribution is 7.17. The summed E-state index contributed by atoms with van der Waals surface area (Å²) in [4.78, 5) is 54.1. The molecular weight excluding hydrogens is 863 g/mol. The Morgan fingerprint density at radius 2 is 1.45 bits per heavy atom. The number of hydrogen-bond donors (Lipinski definition) is 4. The molecule has 2 amide bonds. The number of carbonyl (C=O) groups is 2. The van der Waals surface area contributed by atoms with E-state index in [2.05, 4.69) is 63.9 Å². The van der Waals surface area contributed by atoms with Gasteiger partial charge in [-0.2, -0.15) is 0 Å². The molecule has 342 valence electrons. The minimum Gasteiger partial charge on any atom is -0.502 e. The number of oxime groups is 2. The van der Waals surface area contributed by atoms with Gasteiger partial charge >= 0.3 is 5.69 Å². The molecule has 6 aliphatic carbocycles. The molecule has 65 heavy (non-hydrogen) atoms. The topological polar surface area (TPSA) is 202 Å². The molecule has 0 spiro atoms. The molecule has 4 N–H and O–H groups in total. The molecule has 0 saturated heterocycles. The first-order chi connectivity index (χ1) is 31.3. The number of aromatic nitrogens is 2. The van der Waals surface area contributed by atoms with Crippen molar-refractivity contribution in [1.29, 1.82) is 0 Å². The number of phenols is 1. The molecule has 2 aromatic heterocycles. The molecule has 0 radical (unpaired) electrons. The van der Waals surface area contributed by atoms with Crippen molar-refractivity contribution in [3.05, 3.63) is 86.0 Å². The zero-order valence-electron chi connectivity index (χ0n) is 37.1. The Balaban J connectivity index is 0.819. The van der Waals surface area contributed by atoms with E-state index >= 15 is 0 Å². The zero-order valence-corrected chi connectivity index (χ0v) is 38.8. The number of aryl methyl sites for hydroxylation is 3. The second kappa shape index (κ2) is 17.2. The van der Waals surface area contributed by atoms with E-state index in [0.29, 0.717) is 78.0 Å². The van der Waals surface area contributed by atoms with Crippen LogP contribution in [0.3, 0.4) is 0 Å². The number of hydrogen-bond acceptors (Lipinski definition) is 13. The predicted molar refractivity (Wildman–Crippen MR) is 250 cm³/mol.